The van der Waals surface area contributed by atoms with Crippen LogP contribution in [0.5, 0.6) is 0 Å². The Morgan fingerprint density at radius 1 is 0.863 bits per heavy atom. The van der Waals surface area contributed by atoms with Crippen LogP contribution in [0.3, 0.4) is 0 Å². The lowest BCUT2D eigenvalue weighted by Gasteiger charge is -2.36. The summed E-state index contributed by atoms with van der Waals surface area (Å²) in [5.74, 6) is 7.86. The van der Waals surface area contributed by atoms with Crippen molar-refractivity contribution in [2.45, 2.75) is 84.0 Å². The number of likely N-dealkylation sites (tertiary alicyclic amines) is 2. The molecule has 4 aromatic rings. The number of carbonyl (C=O) groups excluding carboxylic acids is 3. The first-order chi connectivity index (χ1) is 24.5. The van der Waals surface area contributed by atoms with E-state index in [4.69, 9.17) is 15.5 Å². The predicted octanol–water partition coefficient (Wildman–Crippen LogP) is 5.43. The maximum absolute atomic E-state index is 13.5. The molecule has 6 rings (SSSR count). The third-order valence-electron chi connectivity index (χ3n) is 9.99. The Morgan fingerprint density at radius 3 is 2.25 bits per heavy atom. The van der Waals surface area contributed by atoms with Crippen molar-refractivity contribution in [3.63, 3.8) is 0 Å². The standard InChI is InChI=1S/C39H48N8O4/c1-23(2)33(40)37(48)46-19-7-6-9-31(46)35-41-22-30(44-35)27-16-13-25(14-17-27)11-12-26-15-18-28-29(21-26)43-36(42-28)32-10-8-20-47(32)38(49)34(24(3)4)45-39(50)51-5/h13-18,21-24,31-34H,6-10,19-20,40H2,1-5H3,(H,41,44)(H,42,43)(H,45,50)/t31-,32-,33-,34-/m0/s1. The van der Waals surface area contributed by atoms with E-state index in [9.17, 15) is 14.4 Å². The zero-order valence-corrected chi connectivity index (χ0v) is 30.0. The molecule has 2 aliphatic rings. The van der Waals surface area contributed by atoms with Crippen LogP contribution < -0.4 is 11.1 Å². The molecular weight excluding hydrogens is 644 g/mol. The maximum Gasteiger partial charge on any atom is 0.407 e. The summed E-state index contributed by atoms with van der Waals surface area (Å²) in [7, 11) is 1.29. The molecule has 4 atom stereocenters. The van der Waals surface area contributed by atoms with E-state index in [1.807, 2.05) is 86.2 Å². The molecule has 4 heterocycles. The van der Waals surface area contributed by atoms with E-state index in [1.54, 1.807) is 0 Å². The number of alkyl carbamates (subject to hydrolysis) is 1. The number of aromatic amines is 2. The van der Waals surface area contributed by atoms with E-state index in [0.717, 1.165) is 77.2 Å². The monoisotopic (exact) mass is 692 g/mol. The van der Waals surface area contributed by atoms with Gasteiger partial charge in [-0.15, -0.1) is 0 Å². The number of H-pyrrole nitrogens is 2. The first kappa shape index (κ1) is 35.7. The molecule has 2 aromatic carbocycles. The molecule has 0 radical (unpaired) electrons. The predicted molar refractivity (Wildman–Crippen MR) is 195 cm³/mol. The second-order valence-corrected chi connectivity index (χ2v) is 14.2. The second kappa shape index (κ2) is 15.4. The van der Waals surface area contributed by atoms with Crippen LogP contribution in [0.1, 0.15) is 94.7 Å². The van der Waals surface area contributed by atoms with Crippen LogP contribution in [0.25, 0.3) is 22.3 Å². The van der Waals surface area contributed by atoms with Crippen molar-refractivity contribution in [3.05, 3.63) is 71.4 Å². The fourth-order valence-electron chi connectivity index (χ4n) is 6.94. The highest BCUT2D eigenvalue weighted by Crippen LogP contribution is 2.34. The van der Waals surface area contributed by atoms with Crippen molar-refractivity contribution < 1.29 is 19.1 Å². The molecule has 268 valence electrons. The normalized spacial score (nSPS) is 18.8. The highest BCUT2D eigenvalue weighted by molar-refractivity contribution is 5.87. The summed E-state index contributed by atoms with van der Waals surface area (Å²) in [5, 5.41) is 2.69. The minimum Gasteiger partial charge on any atom is -0.453 e. The van der Waals surface area contributed by atoms with E-state index in [0.29, 0.717) is 13.1 Å². The minimum atomic E-state index is -0.686. The molecule has 12 heteroatoms. The molecule has 0 unspecified atom stereocenters. The molecule has 5 N–H and O–H groups in total. The Bertz CT molecular complexity index is 1940. The first-order valence-corrected chi connectivity index (χ1v) is 17.9. The number of fused-ring (bicyclic) bond motifs is 1. The number of nitrogens with two attached hydrogens (primary N) is 1. The number of hydrogen-bond acceptors (Lipinski definition) is 7. The lowest BCUT2D eigenvalue weighted by molar-refractivity contribution is -0.137. The van der Waals surface area contributed by atoms with Gasteiger partial charge in [0.2, 0.25) is 11.8 Å². The second-order valence-electron chi connectivity index (χ2n) is 14.2. The van der Waals surface area contributed by atoms with Gasteiger partial charge in [-0.3, -0.25) is 9.59 Å². The molecule has 2 aliphatic heterocycles. The van der Waals surface area contributed by atoms with Crippen LogP contribution >= 0.6 is 0 Å². The van der Waals surface area contributed by atoms with Gasteiger partial charge >= 0.3 is 6.09 Å². The smallest absolute Gasteiger partial charge is 0.407 e. The largest absolute Gasteiger partial charge is 0.453 e. The molecule has 3 amide bonds. The number of piperidine rings is 1. The Labute approximate surface area is 298 Å². The summed E-state index contributed by atoms with van der Waals surface area (Å²) in [6.45, 7) is 9.04. The van der Waals surface area contributed by atoms with E-state index in [-0.39, 0.29) is 35.7 Å². The lowest BCUT2D eigenvalue weighted by Crippen LogP contribution is -2.51. The van der Waals surface area contributed by atoms with Crippen LogP contribution in [0.4, 0.5) is 4.79 Å². The van der Waals surface area contributed by atoms with Crippen LogP contribution in [0, 0.1) is 23.7 Å². The van der Waals surface area contributed by atoms with Gasteiger partial charge in [-0.2, -0.15) is 0 Å². The summed E-state index contributed by atoms with van der Waals surface area (Å²) in [4.78, 5) is 58.7. The number of nitrogens with zero attached hydrogens (tertiary/aromatic N) is 4. The van der Waals surface area contributed by atoms with E-state index in [2.05, 4.69) is 32.1 Å². The third-order valence-corrected chi connectivity index (χ3v) is 9.99. The number of methoxy groups -OCH3 is 1. The van der Waals surface area contributed by atoms with Gasteiger partial charge in [0.25, 0.3) is 0 Å². The molecule has 2 saturated heterocycles. The van der Waals surface area contributed by atoms with Crippen molar-refractivity contribution in [1.82, 2.24) is 35.1 Å². The number of aromatic nitrogens is 4. The van der Waals surface area contributed by atoms with Crippen LogP contribution in [0.15, 0.2) is 48.7 Å². The van der Waals surface area contributed by atoms with E-state index in [1.165, 1.54) is 7.11 Å². The third kappa shape index (κ3) is 7.78. The van der Waals surface area contributed by atoms with Gasteiger partial charge < -0.3 is 35.6 Å². The van der Waals surface area contributed by atoms with Gasteiger partial charge in [0, 0.05) is 24.2 Å². The molecule has 12 nitrogen and oxygen atoms in total. The summed E-state index contributed by atoms with van der Waals surface area (Å²) < 4.78 is 4.75. The minimum absolute atomic E-state index is 0.0127. The molecule has 0 aliphatic carbocycles. The Morgan fingerprint density at radius 2 is 1.53 bits per heavy atom. The van der Waals surface area contributed by atoms with E-state index >= 15 is 0 Å². The van der Waals surface area contributed by atoms with Gasteiger partial charge in [0.05, 0.1) is 48.2 Å². The van der Waals surface area contributed by atoms with Crippen molar-refractivity contribution in [1.29, 1.82) is 0 Å². The summed E-state index contributed by atoms with van der Waals surface area (Å²) in [6.07, 6.45) is 5.70. The van der Waals surface area contributed by atoms with Crippen LogP contribution in [-0.2, 0) is 14.3 Å². The highest BCUT2D eigenvalue weighted by atomic mass is 16.5. The van der Waals surface area contributed by atoms with E-state index < -0.39 is 18.2 Å². The SMILES string of the molecule is COC(=O)N[C@H](C(=O)N1CCC[C@H]1c1nc2ccc(C#Cc3ccc(-c4cnc([C@@H]5CCCCN5C(=O)[C@@H](N)C(C)C)[nH]4)cc3)cc2[nH]1)C(C)C. The Kier molecular flexibility index (Phi) is 10.8. The molecule has 51 heavy (non-hydrogen) atoms. The average Bonchev–Trinajstić information content (AvgIpc) is 3.92. The van der Waals surface area contributed by atoms with Crippen LogP contribution in [0.2, 0.25) is 0 Å². The Balaban J connectivity index is 1.13. The van der Waals surface area contributed by atoms with Crippen molar-refractivity contribution >= 4 is 28.9 Å². The number of hydrogen-bond donors (Lipinski definition) is 4. The molecule has 2 fully saturated rings. The molecule has 2 aromatic heterocycles. The molecular formula is C39H48N8O4. The highest BCUT2D eigenvalue weighted by Gasteiger charge is 2.38. The quantitative estimate of drug-likeness (QED) is 0.179. The Hall–Kier alpha value is -5.15. The van der Waals surface area contributed by atoms with Gasteiger partial charge in [-0.05, 0) is 79.8 Å². The summed E-state index contributed by atoms with van der Waals surface area (Å²) in [6, 6.07) is 12.3. The van der Waals surface area contributed by atoms with Crippen molar-refractivity contribution in [2.24, 2.45) is 17.6 Å². The number of carbonyl (C=O) groups is 3. The zero-order valence-electron chi connectivity index (χ0n) is 30.0. The number of nitrogens with one attached hydrogen (secondary N) is 3. The summed E-state index contributed by atoms with van der Waals surface area (Å²) >= 11 is 0. The van der Waals surface area contributed by atoms with Gasteiger partial charge in [-0.25, -0.2) is 14.8 Å². The van der Waals surface area contributed by atoms with Crippen molar-refractivity contribution in [3.8, 4) is 23.1 Å². The van der Waals surface area contributed by atoms with Gasteiger partial charge in [0.1, 0.15) is 17.7 Å². The topological polar surface area (TPSA) is 162 Å². The summed E-state index contributed by atoms with van der Waals surface area (Å²) in [5.41, 5.74) is 11.5. The fraction of sp³-hybridized carbons (Fsp3) is 0.462. The maximum atomic E-state index is 13.5. The molecule has 0 saturated carbocycles. The first-order valence-electron chi connectivity index (χ1n) is 17.9. The fourth-order valence-corrected chi connectivity index (χ4v) is 6.94. The molecule has 0 spiro atoms. The van der Waals surface area contributed by atoms with Crippen molar-refractivity contribution in [2.75, 3.05) is 20.2 Å². The number of benzene rings is 2. The average molecular weight is 693 g/mol. The zero-order chi connectivity index (χ0) is 36.2. The number of imidazole rings is 2. The molecule has 0 bridgehead atoms. The van der Waals surface area contributed by atoms with Crippen LogP contribution in [-0.4, -0.2) is 79.9 Å². The lowest BCUT2D eigenvalue weighted by atomic mass is 9.97. The number of amides is 3. The van der Waals surface area contributed by atoms with Gasteiger partial charge in [-0.1, -0.05) is 51.7 Å². The van der Waals surface area contributed by atoms with Gasteiger partial charge in [0.15, 0.2) is 0 Å². The number of rotatable bonds is 8. The number of ether oxygens (including phenoxy) is 1.